The molecule has 0 bridgehead atoms. The second-order valence-corrected chi connectivity index (χ2v) is 4.94. The molecule has 1 aromatic rings. The predicted molar refractivity (Wildman–Crippen MR) is 74.7 cm³/mol. The lowest BCUT2D eigenvalue weighted by molar-refractivity contribution is -0.124. The number of rotatable bonds is 5. The van der Waals surface area contributed by atoms with Crippen LogP contribution >= 0.6 is 0 Å². The number of carbonyl (C=O) groups excluding carboxylic acids is 4. The number of benzene rings is 1. The van der Waals surface area contributed by atoms with E-state index >= 15 is 0 Å². The van der Waals surface area contributed by atoms with Crippen LogP contribution in [0.4, 0.5) is 0 Å². The first-order valence-electron chi connectivity index (χ1n) is 6.67. The zero-order chi connectivity index (χ0) is 15.6. The van der Waals surface area contributed by atoms with Crippen molar-refractivity contribution in [1.82, 2.24) is 10.2 Å². The number of amides is 3. The van der Waals surface area contributed by atoms with E-state index in [1.54, 1.807) is 24.3 Å². The highest BCUT2D eigenvalue weighted by atomic mass is 16.2. The second-order valence-electron chi connectivity index (χ2n) is 4.94. The summed E-state index contributed by atoms with van der Waals surface area (Å²) in [6.45, 7) is 3.12. The second kappa shape index (κ2) is 5.87. The van der Waals surface area contributed by atoms with Crippen LogP contribution in [0.2, 0.25) is 0 Å². The number of ketones is 1. The Morgan fingerprint density at radius 1 is 1.14 bits per heavy atom. The highest BCUT2D eigenvalue weighted by Gasteiger charge is 2.40. The summed E-state index contributed by atoms with van der Waals surface area (Å²) in [6.07, 6.45) is 0.223. The van der Waals surface area contributed by atoms with Gasteiger partial charge in [-0.2, -0.15) is 0 Å². The molecule has 1 atom stereocenters. The summed E-state index contributed by atoms with van der Waals surface area (Å²) in [4.78, 5) is 48.2. The van der Waals surface area contributed by atoms with E-state index in [0.717, 1.165) is 4.90 Å². The molecule has 0 aromatic heterocycles. The number of nitrogens with one attached hydrogen (secondary N) is 1. The largest absolute Gasteiger partial charge is 0.354 e. The van der Waals surface area contributed by atoms with Gasteiger partial charge in [0.2, 0.25) is 5.91 Å². The molecule has 2 rings (SSSR count). The number of hydrogen-bond donors (Lipinski definition) is 1. The molecule has 0 fully saturated rings. The topological polar surface area (TPSA) is 83.6 Å². The molecule has 1 heterocycles. The normalized spacial score (nSPS) is 14.9. The van der Waals surface area contributed by atoms with Crippen molar-refractivity contribution in [2.75, 3.05) is 6.54 Å². The highest BCUT2D eigenvalue weighted by Crippen LogP contribution is 2.24. The Morgan fingerprint density at radius 3 is 2.14 bits per heavy atom. The van der Waals surface area contributed by atoms with Crippen LogP contribution in [0.25, 0.3) is 0 Å². The van der Waals surface area contributed by atoms with Crippen LogP contribution < -0.4 is 5.32 Å². The molecule has 1 unspecified atom stereocenters. The first-order valence-corrected chi connectivity index (χ1v) is 6.67. The van der Waals surface area contributed by atoms with Gasteiger partial charge in [-0.05, 0) is 26.0 Å². The average Bonchev–Trinajstić information content (AvgIpc) is 2.70. The maximum atomic E-state index is 12.2. The molecule has 21 heavy (non-hydrogen) atoms. The summed E-state index contributed by atoms with van der Waals surface area (Å²) >= 11 is 0. The van der Waals surface area contributed by atoms with Crippen LogP contribution in [-0.4, -0.2) is 41.0 Å². The standard InChI is InChI=1S/C15H16N2O4/c1-9(18)7-8-16-13(19)10(2)17-14(20)11-5-3-4-6-12(11)15(17)21/h3-6,10H,7-8H2,1-2H3,(H,16,19). The Morgan fingerprint density at radius 2 is 1.67 bits per heavy atom. The van der Waals surface area contributed by atoms with E-state index in [1.807, 2.05) is 0 Å². The summed E-state index contributed by atoms with van der Waals surface area (Å²) < 4.78 is 0. The molecule has 1 N–H and O–H groups in total. The van der Waals surface area contributed by atoms with Gasteiger partial charge in [0.25, 0.3) is 11.8 Å². The average molecular weight is 288 g/mol. The minimum atomic E-state index is -0.913. The molecule has 110 valence electrons. The third-order valence-electron chi connectivity index (χ3n) is 3.37. The third-order valence-corrected chi connectivity index (χ3v) is 3.37. The molecule has 1 aromatic carbocycles. The van der Waals surface area contributed by atoms with E-state index in [-0.39, 0.29) is 18.7 Å². The van der Waals surface area contributed by atoms with Gasteiger partial charge in [-0.25, -0.2) is 0 Å². The van der Waals surface area contributed by atoms with Crippen molar-refractivity contribution in [3.05, 3.63) is 35.4 Å². The number of hydrogen-bond acceptors (Lipinski definition) is 4. The molecular weight excluding hydrogens is 272 g/mol. The fraction of sp³-hybridized carbons (Fsp3) is 0.333. The summed E-state index contributed by atoms with van der Waals surface area (Å²) in [5.41, 5.74) is 0.622. The fourth-order valence-corrected chi connectivity index (χ4v) is 2.19. The van der Waals surface area contributed by atoms with E-state index in [4.69, 9.17) is 0 Å². The lowest BCUT2D eigenvalue weighted by Crippen LogP contribution is -2.48. The molecule has 0 saturated carbocycles. The number of nitrogens with zero attached hydrogens (tertiary/aromatic N) is 1. The van der Waals surface area contributed by atoms with Crippen LogP contribution in [0.5, 0.6) is 0 Å². The molecule has 0 radical (unpaired) electrons. The summed E-state index contributed by atoms with van der Waals surface area (Å²) in [6, 6.07) is 5.56. The summed E-state index contributed by atoms with van der Waals surface area (Å²) in [5, 5.41) is 2.55. The number of Topliss-reactive ketones (excluding diaryl/α,β-unsaturated/α-hetero) is 1. The van der Waals surface area contributed by atoms with E-state index in [2.05, 4.69) is 5.32 Å². The van der Waals surface area contributed by atoms with Crippen molar-refractivity contribution >= 4 is 23.5 Å². The van der Waals surface area contributed by atoms with Crippen molar-refractivity contribution in [3.8, 4) is 0 Å². The molecule has 3 amide bonds. The van der Waals surface area contributed by atoms with Crippen molar-refractivity contribution in [2.45, 2.75) is 26.3 Å². The third kappa shape index (κ3) is 2.84. The SMILES string of the molecule is CC(=O)CCNC(=O)C(C)N1C(=O)c2ccccc2C1=O. The highest BCUT2D eigenvalue weighted by molar-refractivity contribution is 6.22. The van der Waals surface area contributed by atoms with Crippen LogP contribution in [0.15, 0.2) is 24.3 Å². The van der Waals surface area contributed by atoms with Gasteiger partial charge in [0, 0.05) is 13.0 Å². The van der Waals surface area contributed by atoms with Crippen LogP contribution in [0, 0.1) is 0 Å². The van der Waals surface area contributed by atoms with Gasteiger partial charge in [0.05, 0.1) is 11.1 Å². The van der Waals surface area contributed by atoms with Gasteiger partial charge in [0.15, 0.2) is 0 Å². The minimum absolute atomic E-state index is 0.0383. The number of fused-ring (bicyclic) bond motifs is 1. The summed E-state index contributed by atoms with van der Waals surface area (Å²) in [7, 11) is 0. The minimum Gasteiger partial charge on any atom is -0.354 e. The summed E-state index contributed by atoms with van der Waals surface area (Å²) in [5.74, 6) is -1.43. The lowest BCUT2D eigenvalue weighted by atomic mass is 10.1. The van der Waals surface area contributed by atoms with Crippen molar-refractivity contribution in [2.24, 2.45) is 0 Å². The van der Waals surface area contributed by atoms with E-state index < -0.39 is 23.8 Å². The monoisotopic (exact) mass is 288 g/mol. The lowest BCUT2D eigenvalue weighted by Gasteiger charge is -2.21. The molecule has 1 aliphatic heterocycles. The van der Waals surface area contributed by atoms with E-state index in [0.29, 0.717) is 11.1 Å². The molecular formula is C15H16N2O4. The van der Waals surface area contributed by atoms with Crippen LogP contribution in [-0.2, 0) is 9.59 Å². The molecule has 0 aliphatic carbocycles. The molecule has 6 heteroatoms. The Kier molecular flexibility index (Phi) is 4.16. The van der Waals surface area contributed by atoms with Crippen molar-refractivity contribution in [3.63, 3.8) is 0 Å². The van der Waals surface area contributed by atoms with Gasteiger partial charge in [0.1, 0.15) is 11.8 Å². The van der Waals surface area contributed by atoms with Gasteiger partial charge >= 0.3 is 0 Å². The molecule has 1 aliphatic rings. The first kappa shape index (κ1) is 14.9. The fourth-order valence-electron chi connectivity index (χ4n) is 2.19. The van der Waals surface area contributed by atoms with E-state index in [1.165, 1.54) is 13.8 Å². The Hall–Kier alpha value is -2.50. The maximum absolute atomic E-state index is 12.2. The number of carbonyl (C=O) groups is 4. The Balaban J connectivity index is 2.09. The predicted octanol–water partition coefficient (Wildman–Crippen LogP) is 0.766. The van der Waals surface area contributed by atoms with Crippen molar-refractivity contribution < 1.29 is 19.2 Å². The van der Waals surface area contributed by atoms with Crippen LogP contribution in [0.1, 0.15) is 41.0 Å². The van der Waals surface area contributed by atoms with Gasteiger partial charge in [-0.1, -0.05) is 12.1 Å². The number of imide groups is 1. The van der Waals surface area contributed by atoms with Gasteiger partial charge < -0.3 is 5.32 Å². The zero-order valence-corrected chi connectivity index (χ0v) is 11.9. The van der Waals surface area contributed by atoms with Crippen LogP contribution in [0.3, 0.4) is 0 Å². The Bertz CT molecular complexity index is 589. The Labute approximate surface area is 122 Å². The van der Waals surface area contributed by atoms with Gasteiger partial charge in [-0.3, -0.25) is 24.1 Å². The zero-order valence-electron chi connectivity index (χ0n) is 11.9. The molecule has 0 spiro atoms. The van der Waals surface area contributed by atoms with Crippen molar-refractivity contribution in [1.29, 1.82) is 0 Å². The molecule has 6 nitrogen and oxygen atoms in total. The first-order chi connectivity index (χ1) is 9.93. The van der Waals surface area contributed by atoms with Gasteiger partial charge in [-0.15, -0.1) is 0 Å². The van der Waals surface area contributed by atoms with E-state index in [9.17, 15) is 19.2 Å². The molecule has 0 saturated heterocycles. The maximum Gasteiger partial charge on any atom is 0.262 e. The quantitative estimate of drug-likeness (QED) is 0.811. The smallest absolute Gasteiger partial charge is 0.262 e.